The van der Waals surface area contributed by atoms with Crippen LogP contribution in [0.5, 0.6) is 5.75 Å². The lowest BCUT2D eigenvalue weighted by Gasteiger charge is -2.09. The second-order valence-corrected chi connectivity index (χ2v) is 8.36. The predicted octanol–water partition coefficient (Wildman–Crippen LogP) is 2.34. The van der Waals surface area contributed by atoms with Gasteiger partial charge in [0.15, 0.2) is 9.84 Å². The zero-order valence-corrected chi connectivity index (χ0v) is 15.6. The van der Waals surface area contributed by atoms with Gasteiger partial charge in [-0.05, 0) is 29.8 Å². The Morgan fingerprint density at radius 3 is 2.52 bits per heavy atom. The molecule has 4 rings (SSSR count). The van der Waals surface area contributed by atoms with Gasteiger partial charge in [-0.2, -0.15) is 5.10 Å². The van der Waals surface area contributed by atoms with E-state index in [-0.39, 0.29) is 10.5 Å². The number of hydrogen-bond acceptors (Lipinski definition) is 5. The molecule has 2 aromatic carbocycles. The minimum Gasteiger partial charge on any atom is -0.497 e. The van der Waals surface area contributed by atoms with Gasteiger partial charge in [0.2, 0.25) is 0 Å². The molecule has 0 saturated carbocycles. The van der Waals surface area contributed by atoms with Gasteiger partial charge in [-0.1, -0.05) is 12.1 Å². The molecule has 0 aliphatic carbocycles. The fourth-order valence-electron chi connectivity index (χ4n) is 3.25. The molecule has 0 fully saturated rings. The van der Waals surface area contributed by atoms with Crippen LogP contribution in [0.15, 0.2) is 58.4 Å². The third kappa shape index (κ3) is 2.97. The molecular formula is C19H17N3O4S. The molecule has 2 aromatic heterocycles. The predicted molar refractivity (Wildman–Crippen MR) is 103 cm³/mol. The molecule has 0 bridgehead atoms. The summed E-state index contributed by atoms with van der Waals surface area (Å²) in [5.74, 6) is 0.684. The summed E-state index contributed by atoms with van der Waals surface area (Å²) in [6.07, 6.45) is 2.80. The molecule has 4 aromatic rings. The Hall–Kier alpha value is -3.13. The maximum Gasteiger partial charge on any atom is 0.274 e. The van der Waals surface area contributed by atoms with Crippen molar-refractivity contribution in [3.63, 3.8) is 0 Å². The van der Waals surface area contributed by atoms with E-state index >= 15 is 0 Å². The number of hydrogen-bond donors (Lipinski definition) is 1. The van der Waals surface area contributed by atoms with Crippen LogP contribution in [0.4, 0.5) is 0 Å². The Bertz CT molecular complexity index is 1320. The Morgan fingerprint density at radius 2 is 1.85 bits per heavy atom. The molecule has 0 aliphatic heterocycles. The SMILES string of the molecule is COc1ccc2c3c(=O)[nH]ncc3n(Cc3ccc(S(C)(=O)=O)cc3)c2c1. The molecule has 138 valence electrons. The quantitative estimate of drug-likeness (QED) is 0.584. The fraction of sp³-hybridized carbons (Fsp3) is 0.158. The number of aromatic amines is 1. The molecule has 0 unspecified atom stereocenters. The Morgan fingerprint density at radius 1 is 1.11 bits per heavy atom. The van der Waals surface area contributed by atoms with E-state index < -0.39 is 9.84 Å². The summed E-state index contributed by atoms with van der Waals surface area (Å²) < 4.78 is 30.6. The van der Waals surface area contributed by atoms with Crippen molar-refractivity contribution in [1.29, 1.82) is 0 Å². The van der Waals surface area contributed by atoms with Crippen LogP contribution in [0.2, 0.25) is 0 Å². The van der Waals surface area contributed by atoms with Gasteiger partial charge < -0.3 is 9.30 Å². The molecule has 0 atom stereocenters. The summed E-state index contributed by atoms with van der Waals surface area (Å²) in [7, 11) is -1.65. The van der Waals surface area contributed by atoms with Crippen molar-refractivity contribution >= 4 is 31.6 Å². The average Bonchev–Trinajstić information content (AvgIpc) is 2.96. The summed E-state index contributed by atoms with van der Waals surface area (Å²) in [6, 6.07) is 12.3. The van der Waals surface area contributed by atoms with Crippen molar-refractivity contribution in [2.24, 2.45) is 0 Å². The topological polar surface area (TPSA) is 94.1 Å². The van der Waals surface area contributed by atoms with Gasteiger partial charge in [-0.25, -0.2) is 13.5 Å². The number of methoxy groups -OCH3 is 1. The molecule has 0 spiro atoms. The minimum absolute atomic E-state index is 0.256. The number of aromatic nitrogens is 3. The summed E-state index contributed by atoms with van der Waals surface area (Å²) in [6.45, 7) is 0.461. The van der Waals surface area contributed by atoms with Crippen molar-refractivity contribution in [1.82, 2.24) is 14.8 Å². The van der Waals surface area contributed by atoms with E-state index in [0.717, 1.165) is 16.5 Å². The first-order chi connectivity index (χ1) is 12.9. The Kier molecular flexibility index (Phi) is 4.00. The van der Waals surface area contributed by atoms with Crippen molar-refractivity contribution in [2.75, 3.05) is 13.4 Å². The number of ether oxygens (including phenoxy) is 1. The van der Waals surface area contributed by atoms with E-state index in [0.29, 0.717) is 23.2 Å². The molecule has 0 saturated heterocycles. The first-order valence-electron chi connectivity index (χ1n) is 8.21. The molecule has 27 heavy (non-hydrogen) atoms. The van der Waals surface area contributed by atoms with Crippen LogP contribution in [-0.2, 0) is 16.4 Å². The smallest absolute Gasteiger partial charge is 0.274 e. The molecule has 0 amide bonds. The third-order valence-electron chi connectivity index (χ3n) is 4.58. The molecule has 7 nitrogen and oxygen atoms in total. The number of nitrogens with one attached hydrogen (secondary N) is 1. The van der Waals surface area contributed by atoms with E-state index in [4.69, 9.17) is 4.74 Å². The molecule has 0 aliphatic rings. The van der Waals surface area contributed by atoms with Crippen molar-refractivity contribution < 1.29 is 13.2 Å². The summed E-state index contributed by atoms with van der Waals surface area (Å²) in [4.78, 5) is 12.6. The first kappa shape index (κ1) is 17.3. The number of fused-ring (bicyclic) bond motifs is 3. The minimum atomic E-state index is -3.24. The number of nitrogens with zero attached hydrogens (tertiary/aromatic N) is 2. The largest absolute Gasteiger partial charge is 0.497 e. The van der Waals surface area contributed by atoms with Crippen molar-refractivity contribution in [3.05, 3.63) is 64.6 Å². The summed E-state index contributed by atoms with van der Waals surface area (Å²) in [5, 5.41) is 7.78. The van der Waals surface area contributed by atoms with Crippen LogP contribution in [-0.4, -0.2) is 36.5 Å². The maximum atomic E-state index is 12.3. The summed E-state index contributed by atoms with van der Waals surface area (Å²) >= 11 is 0. The highest BCUT2D eigenvalue weighted by Gasteiger charge is 2.15. The first-order valence-corrected chi connectivity index (χ1v) is 10.1. The highest BCUT2D eigenvalue weighted by Crippen LogP contribution is 2.30. The highest BCUT2D eigenvalue weighted by atomic mass is 32.2. The van der Waals surface area contributed by atoms with Crippen LogP contribution in [0.1, 0.15) is 5.56 Å². The number of rotatable bonds is 4. The van der Waals surface area contributed by atoms with Crippen LogP contribution >= 0.6 is 0 Å². The molecular weight excluding hydrogens is 366 g/mol. The van der Waals surface area contributed by atoms with Gasteiger partial charge >= 0.3 is 0 Å². The zero-order valence-electron chi connectivity index (χ0n) is 14.8. The second-order valence-electron chi connectivity index (χ2n) is 6.34. The van der Waals surface area contributed by atoms with E-state index in [2.05, 4.69) is 10.2 Å². The average molecular weight is 383 g/mol. The van der Waals surface area contributed by atoms with Crippen LogP contribution in [0, 0.1) is 0 Å². The van der Waals surface area contributed by atoms with E-state index in [1.54, 1.807) is 37.6 Å². The molecule has 2 heterocycles. The lowest BCUT2D eigenvalue weighted by molar-refractivity contribution is 0.415. The van der Waals surface area contributed by atoms with Gasteiger partial charge in [-0.15, -0.1) is 0 Å². The highest BCUT2D eigenvalue weighted by molar-refractivity contribution is 7.90. The number of benzene rings is 2. The fourth-order valence-corrected chi connectivity index (χ4v) is 3.88. The summed E-state index contributed by atoms with van der Waals surface area (Å²) in [5.41, 5.74) is 2.20. The Balaban J connectivity index is 1.91. The van der Waals surface area contributed by atoms with E-state index in [1.807, 2.05) is 22.8 Å². The third-order valence-corrected chi connectivity index (χ3v) is 5.71. The standard InChI is InChI=1S/C19H17N3O4S/c1-26-13-5-8-15-16(9-13)22(17-10-20-21-19(23)18(15)17)11-12-3-6-14(7-4-12)27(2,24)25/h3-10H,11H2,1-2H3,(H,21,23). The Labute approximate surface area is 155 Å². The van der Waals surface area contributed by atoms with Crippen molar-refractivity contribution in [3.8, 4) is 5.75 Å². The lowest BCUT2D eigenvalue weighted by atomic mass is 10.2. The van der Waals surface area contributed by atoms with Gasteiger partial charge in [-0.3, -0.25) is 4.79 Å². The number of sulfone groups is 1. The van der Waals surface area contributed by atoms with Crippen LogP contribution < -0.4 is 10.3 Å². The lowest BCUT2D eigenvalue weighted by Crippen LogP contribution is -2.08. The maximum absolute atomic E-state index is 12.3. The number of H-pyrrole nitrogens is 1. The van der Waals surface area contributed by atoms with E-state index in [9.17, 15) is 13.2 Å². The zero-order chi connectivity index (χ0) is 19.2. The molecule has 0 radical (unpaired) electrons. The van der Waals surface area contributed by atoms with Gasteiger partial charge in [0.1, 0.15) is 5.75 Å². The van der Waals surface area contributed by atoms with Gasteiger partial charge in [0, 0.05) is 24.3 Å². The van der Waals surface area contributed by atoms with Gasteiger partial charge in [0.25, 0.3) is 5.56 Å². The van der Waals surface area contributed by atoms with E-state index in [1.165, 1.54) is 6.26 Å². The van der Waals surface area contributed by atoms with Crippen molar-refractivity contribution in [2.45, 2.75) is 11.4 Å². The monoisotopic (exact) mass is 383 g/mol. The normalized spacial score (nSPS) is 11.9. The van der Waals surface area contributed by atoms with Crippen LogP contribution in [0.25, 0.3) is 21.8 Å². The van der Waals surface area contributed by atoms with Crippen LogP contribution in [0.3, 0.4) is 0 Å². The molecule has 1 N–H and O–H groups in total. The van der Waals surface area contributed by atoms with Gasteiger partial charge in [0.05, 0.1) is 34.6 Å². The second kappa shape index (κ2) is 6.24. The molecule has 8 heteroatoms.